The Morgan fingerprint density at radius 3 is 2.24 bits per heavy atom. The second-order valence-corrected chi connectivity index (χ2v) is 5.16. The fourth-order valence-electron chi connectivity index (χ4n) is 2.29. The van der Waals surface area contributed by atoms with Crippen LogP contribution in [0.15, 0.2) is 59.7 Å². The van der Waals surface area contributed by atoms with E-state index < -0.39 is 17.9 Å². The fraction of sp³-hybridized carbons (Fsp3) is 0.222. The van der Waals surface area contributed by atoms with Gasteiger partial charge in [0.25, 0.3) is 5.91 Å². The number of anilines is 1. The Morgan fingerprint density at radius 2 is 1.72 bits per heavy atom. The molecule has 0 aromatic heterocycles. The van der Waals surface area contributed by atoms with Gasteiger partial charge in [0.05, 0.1) is 20.8 Å². The number of rotatable bonds is 7. The van der Waals surface area contributed by atoms with E-state index in [2.05, 4.69) is 9.85 Å². The first-order valence-corrected chi connectivity index (χ1v) is 7.54. The van der Waals surface area contributed by atoms with E-state index in [0.29, 0.717) is 11.4 Å². The van der Waals surface area contributed by atoms with Crippen LogP contribution in [0.1, 0.15) is 5.56 Å². The lowest BCUT2D eigenvalue weighted by Gasteiger charge is -2.25. The third-order valence-corrected chi connectivity index (χ3v) is 3.62. The number of nitrogens with zero attached hydrogens (tertiary/aromatic N) is 2. The molecule has 0 bridgehead atoms. The zero-order chi connectivity index (χ0) is 18.2. The predicted octanol–water partition coefficient (Wildman–Crippen LogP) is 2.80. The van der Waals surface area contributed by atoms with Crippen LogP contribution in [-0.4, -0.2) is 32.1 Å². The number of nitrogens with one attached hydrogen (secondary N) is 1. The molecule has 0 aliphatic rings. The zero-order valence-corrected chi connectivity index (χ0v) is 14.0. The van der Waals surface area contributed by atoms with E-state index in [1.165, 1.54) is 4.90 Å². The molecule has 0 heterocycles. The number of esters is 1. The SMILES string of the molecule is COC(=O)C(N=N)C(=O)N(Cc1ccccc1)c1ccc(OC)cc1. The summed E-state index contributed by atoms with van der Waals surface area (Å²) in [6, 6.07) is 14.6. The van der Waals surface area contributed by atoms with Crippen LogP contribution in [0.3, 0.4) is 0 Å². The van der Waals surface area contributed by atoms with Gasteiger partial charge >= 0.3 is 5.97 Å². The standard InChI is InChI=1S/C18H19N3O4/c1-24-15-10-8-14(9-11-15)21(12-13-6-4-3-5-7-13)17(22)16(20-19)18(23)25-2/h3-11,16,19H,12H2,1-2H3. The summed E-state index contributed by atoms with van der Waals surface area (Å²) in [6.45, 7) is 0.231. The quantitative estimate of drug-likeness (QED) is 0.476. The van der Waals surface area contributed by atoms with Crippen molar-refractivity contribution in [3.05, 3.63) is 60.2 Å². The van der Waals surface area contributed by atoms with Crippen molar-refractivity contribution in [1.82, 2.24) is 0 Å². The normalized spacial score (nSPS) is 11.3. The molecule has 25 heavy (non-hydrogen) atoms. The van der Waals surface area contributed by atoms with Gasteiger partial charge in [-0.05, 0) is 29.8 Å². The maximum atomic E-state index is 12.8. The Morgan fingerprint density at radius 1 is 1.08 bits per heavy atom. The van der Waals surface area contributed by atoms with E-state index in [9.17, 15) is 9.59 Å². The van der Waals surface area contributed by atoms with Gasteiger partial charge in [0.2, 0.25) is 6.04 Å². The minimum atomic E-state index is -1.53. The summed E-state index contributed by atoms with van der Waals surface area (Å²) < 4.78 is 9.70. The topological polar surface area (TPSA) is 92.0 Å². The molecule has 0 aliphatic carbocycles. The maximum absolute atomic E-state index is 12.8. The number of benzene rings is 2. The molecule has 0 saturated heterocycles. The molecule has 0 saturated carbocycles. The third kappa shape index (κ3) is 4.41. The van der Waals surface area contributed by atoms with Gasteiger partial charge in [0.15, 0.2) is 0 Å². The number of methoxy groups -OCH3 is 2. The second-order valence-electron chi connectivity index (χ2n) is 5.16. The predicted molar refractivity (Wildman–Crippen MR) is 91.6 cm³/mol. The number of ether oxygens (including phenoxy) is 2. The van der Waals surface area contributed by atoms with Crippen LogP contribution in [0.2, 0.25) is 0 Å². The molecule has 2 aromatic rings. The number of carbonyl (C=O) groups excluding carboxylic acids is 2. The summed E-state index contributed by atoms with van der Waals surface area (Å²) in [7, 11) is 2.71. The lowest BCUT2D eigenvalue weighted by atomic mass is 10.1. The molecule has 2 aromatic carbocycles. The van der Waals surface area contributed by atoms with E-state index in [-0.39, 0.29) is 6.54 Å². The van der Waals surface area contributed by atoms with Gasteiger partial charge in [-0.15, -0.1) is 0 Å². The summed E-state index contributed by atoms with van der Waals surface area (Å²) in [5, 5.41) is 3.14. The smallest absolute Gasteiger partial charge is 0.342 e. The van der Waals surface area contributed by atoms with Crippen molar-refractivity contribution in [2.24, 2.45) is 5.11 Å². The van der Waals surface area contributed by atoms with Crippen molar-refractivity contribution in [3.8, 4) is 5.75 Å². The molecule has 2 rings (SSSR count). The lowest BCUT2D eigenvalue weighted by Crippen LogP contribution is -2.42. The summed E-state index contributed by atoms with van der Waals surface area (Å²) in [6.07, 6.45) is 0. The van der Waals surface area contributed by atoms with Crippen LogP contribution in [0.4, 0.5) is 5.69 Å². The summed E-state index contributed by atoms with van der Waals surface area (Å²) in [5.41, 5.74) is 8.62. The molecule has 1 amide bonds. The third-order valence-electron chi connectivity index (χ3n) is 3.62. The van der Waals surface area contributed by atoms with Crippen LogP contribution < -0.4 is 9.64 Å². The summed E-state index contributed by atoms with van der Waals surface area (Å²) >= 11 is 0. The van der Waals surface area contributed by atoms with Crippen molar-refractivity contribution < 1.29 is 19.1 Å². The van der Waals surface area contributed by atoms with Gasteiger partial charge in [-0.3, -0.25) is 4.79 Å². The molecule has 1 unspecified atom stereocenters. The number of carbonyl (C=O) groups is 2. The Hall–Kier alpha value is -3.22. The van der Waals surface area contributed by atoms with Crippen LogP contribution in [0.25, 0.3) is 0 Å². The first-order valence-electron chi connectivity index (χ1n) is 7.54. The van der Waals surface area contributed by atoms with Gasteiger partial charge < -0.3 is 14.4 Å². The minimum absolute atomic E-state index is 0.231. The van der Waals surface area contributed by atoms with Crippen molar-refractivity contribution in [1.29, 1.82) is 5.53 Å². The molecule has 0 fully saturated rings. The average Bonchev–Trinajstić information content (AvgIpc) is 2.67. The number of hydrogen-bond donors (Lipinski definition) is 1. The molecule has 7 nitrogen and oxygen atoms in total. The zero-order valence-electron chi connectivity index (χ0n) is 14.0. The number of amides is 1. The Bertz CT molecular complexity index is 732. The molecule has 0 spiro atoms. The Kier molecular flexibility index (Phi) is 6.22. The Balaban J connectivity index is 2.38. The lowest BCUT2D eigenvalue weighted by molar-refractivity contribution is -0.145. The van der Waals surface area contributed by atoms with E-state index in [1.807, 2.05) is 30.3 Å². The minimum Gasteiger partial charge on any atom is -0.497 e. The van der Waals surface area contributed by atoms with Crippen molar-refractivity contribution in [3.63, 3.8) is 0 Å². The van der Waals surface area contributed by atoms with Crippen LogP contribution in [-0.2, 0) is 20.9 Å². The van der Waals surface area contributed by atoms with Gasteiger partial charge in [-0.25, -0.2) is 10.3 Å². The van der Waals surface area contributed by atoms with Crippen LogP contribution in [0.5, 0.6) is 5.75 Å². The van der Waals surface area contributed by atoms with E-state index >= 15 is 0 Å². The summed E-state index contributed by atoms with van der Waals surface area (Å²) in [4.78, 5) is 26.0. The van der Waals surface area contributed by atoms with Gasteiger partial charge in [-0.1, -0.05) is 30.3 Å². The van der Waals surface area contributed by atoms with Crippen LogP contribution in [0, 0.1) is 5.53 Å². The highest BCUT2D eigenvalue weighted by Gasteiger charge is 2.32. The van der Waals surface area contributed by atoms with Crippen molar-refractivity contribution in [2.45, 2.75) is 12.6 Å². The van der Waals surface area contributed by atoms with Crippen molar-refractivity contribution >= 4 is 17.6 Å². The fourth-order valence-corrected chi connectivity index (χ4v) is 2.29. The molecule has 1 atom stereocenters. The molecule has 130 valence electrons. The second kappa shape index (κ2) is 8.58. The van der Waals surface area contributed by atoms with Gasteiger partial charge in [0.1, 0.15) is 5.75 Å². The molecular weight excluding hydrogens is 322 g/mol. The maximum Gasteiger partial charge on any atom is 0.342 e. The molecule has 1 N–H and O–H groups in total. The van der Waals surface area contributed by atoms with E-state index in [0.717, 1.165) is 12.7 Å². The van der Waals surface area contributed by atoms with E-state index in [4.69, 9.17) is 10.3 Å². The molecule has 7 heteroatoms. The van der Waals surface area contributed by atoms with Crippen LogP contribution >= 0.6 is 0 Å². The van der Waals surface area contributed by atoms with Gasteiger partial charge in [0, 0.05) is 5.69 Å². The molecular formula is C18H19N3O4. The largest absolute Gasteiger partial charge is 0.497 e. The van der Waals surface area contributed by atoms with Crippen molar-refractivity contribution in [2.75, 3.05) is 19.1 Å². The summed E-state index contributed by atoms with van der Waals surface area (Å²) in [5.74, 6) is -0.854. The molecule has 0 radical (unpaired) electrons. The highest BCUT2D eigenvalue weighted by Crippen LogP contribution is 2.23. The first kappa shape index (κ1) is 18.1. The average molecular weight is 341 g/mol. The highest BCUT2D eigenvalue weighted by atomic mass is 16.5. The first-order chi connectivity index (χ1) is 12.1. The molecule has 0 aliphatic heterocycles. The highest BCUT2D eigenvalue weighted by molar-refractivity contribution is 6.09. The van der Waals surface area contributed by atoms with E-state index in [1.54, 1.807) is 31.4 Å². The van der Waals surface area contributed by atoms with Gasteiger partial charge in [-0.2, -0.15) is 5.11 Å². The number of hydrogen-bond acceptors (Lipinski definition) is 6. The Labute approximate surface area is 145 Å². The monoisotopic (exact) mass is 341 g/mol.